The molecule has 0 unspecified atom stereocenters. The Labute approximate surface area is 201 Å². The fourth-order valence-electron chi connectivity index (χ4n) is 4.26. The number of unbranched alkanes of at least 4 members (excludes halogenated alkanes) is 6. The van der Waals surface area contributed by atoms with Crippen LogP contribution in [0.25, 0.3) is 0 Å². The van der Waals surface area contributed by atoms with E-state index in [-0.39, 0.29) is 25.1 Å². The fraction of sp³-hybridized carbons (Fsp3) is 0.714. The van der Waals surface area contributed by atoms with E-state index in [2.05, 4.69) is 31.2 Å². The molecule has 1 aliphatic heterocycles. The van der Waals surface area contributed by atoms with Crippen molar-refractivity contribution in [1.82, 2.24) is 0 Å². The van der Waals surface area contributed by atoms with Crippen LogP contribution in [0.4, 0.5) is 0 Å². The number of rotatable bonds is 19. The lowest BCUT2D eigenvalue weighted by atomic mass is 10.0. The highest BCUT2D eigenvalue weighted by molar-refractivity contribution is 5.13. The summed E-state index contributed by atoms with van der Waals surface area (Å²) in [6.45, 7) is 3.75. The molecule has 2 rings (SSSR count). The van der Waals surface area contributed by atoms with Crippen molar-refractivity contribution in [2.45, 2.75) is 109 Å². The average molecular weight is 463 g/mol. The Kier molecular flexibility index (Phi) is 15.4. The summed E-state index contributed by atoms with van der Waals surface area (Å²) in [4.78, 5) is 0. The predicted octanol–water partition coefficient (Wildman–Crippen LogP) is 6.19. The van der Waals surface area contributed by atoms with E-state index >= 15 is 0 Å². The van der Waals surface area contributed by atoms with Gasteiger partial charge in [0.25, 0.3) is 0 Å². The van der Waals surface area contributed by atoms with E-state index < -0.39 is 6.10 Å². The van der Waals surface area contributed by atoms with Crippen LogP contribution < -0.4 is 0 Å². The summed E-state index contributed by atoms with van der Waals surface area (Å²) in [5.41, 5.74) is 1.17. The second-order valence-electron chi connectivity index (χ2n) is 9.06. The number of allylic oxidation sites excluding steroid dienone is 1. The number of hydrogen-bond acceptors (Lipinski definition) is 5. The standard InChI is InChI=1S/C28H46O5/c1-3-4-5-6-7-8-9-13-18-27(32-23-30-2)28-20-19-26(33-28)25(29)17-14-21-31-22-24-15-11-10-12-16-24/h10-13,15-16,18,25-29H,3-9,14,17,19-23H2,1-2H3/b18-13+/t25-,26-,27+,28-/m1/s1. The molecule has 0 radical (unpaired) electrons. The molecule has 0 aliphatic carbocycles. The molecular weight excluding hydrogens is 416 g/mol. The summed E-state index contributed by atoms with van der Waals surface area (Å²) < 4.78 is 22.9. The minimum Gasteiger partial charge on any atom is -0.390 e. The molecule has 1 heterocycles. The summed E-state index contributed by atoms with van der Waals surface area (Å²) in [6.07, 6.45) is 15.7. The number of benzene rings is 1. The maximum Gasteiger partial charge on any atom is 0.147 e. The Balaban J connectivity index is 1.64. The number of hydrogen-bond donors (Lipinski definition) is 1. The van der Waals surface area contributed by atoms with Crippen molar-refractivity contribution in [3.05, 3.63) is 48.0 Å². The summed E-state index contributed by atoms with van der Waals surface area (Å²) >= 11 is 0. The molecule has 0 bridgehead atoms. The molecule has 0 saturated carbocycles. The summed E-state index contributed by atoms with van der Waals surface area (Å²) in [6, 6.07) is 10.2. The zero-order chi connectivity index (χ0) is 23.6. The second-order valence-corrected chi connectivity index (χ2v) is 9.06. The van der Waals surface area contributed by atoms with Crippen LogP contribution in [0, 0.1) is 0 Å². The number of methoxy groups -OCH3 is 1. The average Bonchev–Trinajstić information content (AvgIpc) is 3.33. The SMILES string of the molecule is CCCCCCCC/C=C/[C@H](OCOC)[C@H]1CC[C@H]([C@H](O)CCCOCc2ccccc2)O1. The minimum atomic E-state index is -0.467. The maximum absolute atomic E-state index is 10.6. The Bertz CT molecular complexity index is 606. The summed E-state index contributed by atoms with van der Waals surface area (Å²) in [5.74, 6) is 0. The van der Waals surface area contributed by atoms with Crippen LogP contribution in [0.2, 0.25) is 0 Å². The van der Waals surface area contributed by atoms with E-state index in [4.69, 9.17) is 18.9 Å². The molecule has 1 aliphatic rings. The lowest BCUT2D eigenvalue weighted by molar-refractivity contribution is -0.120. The Morgan fingerprint density at radius 1 is 1.03 bits per heavy atom. The van der Waals surface area contributed by atoms with Gasteiger partial charge >= 0.3 is 0 Å². The van der Waals surface area contributed by atoms with Gasteiger partial charge in [0, 0.05) is 13.7 Å². The van der Waals surface area contributed by atoms with Gasteiger partial charge in [0.2, 0.25) is 0 Å². The molecule has 5 nitrogen and oxygen atoms in total. The van der Waals surface area contributed by atoms with Crippen LogP contribution in [0.3, 0.4) is 0 Å². The molecule has 1 aromatic rings. The topological polar surface area (TPSA) is 57.2 Å². The molecule has 0 spiro atoms. The molecule has 1 aromatic carbocycles. The Hall–Kier alpha value is -1.24. The first-order chi connectivity index (χ1) is 16.2. The number of aliphatic hydroxyl groups excluding tert-OH is 1. The van der Waals surface area contributed by atoms with Crippen LogP contribution in [-0.2, 0) is 25.6 Å². The van der Waals surface area contributed by atoms with Crippen molar-refractivity contribution in [3.63, 3.8) is 0 Å². The van der Waals surface area contributed by atoms with Crippen LogP contribution in [0.1, 0.15) is 83.1 Å². The van der Waals surface area contributed by atoms with Crippen LogP contribution in [0.15, 0.2) is 42.5 Å². The van der Waals surface area contributed by atoms with Gasteiger partial charge in [-0.3, -0.25) is 0 Å². The van der Waals surface area contributed by atoms with Crippen molar-refractivity contribution < 1.29 is 24.1 Å². The minimum absolute atomic E-state index is 0.0325. The third-order valence-electron chi connectivity index (χ3n) is 6.21. The highest BCUT2D eigenvalue weighted by Gasteiger charge is 2.34. The van der Waals surface area contributed by atoms with E-state index in [1.54, 1.807) is 7.11 Å². The van der Waals surface area contributed by atoms with Gasteiger partial charge in [-0.05, 0) is 44.1 Å². The molecule has 1 saturated heterocycles. The molecule has 33 heavy (non-hydrogen) atoms. The smallest absolute Gasteiger partial charge is 0.147 e. The van der Waals surface area contributed by atoms with Gasteiger partial charge in [0.05, 0.1) is 24.9 Å². The summed E-state index contributed by atoms with van der Waals surface area (Å²) in [7, 11) is 1.64. The van der Waals surface area contributed by atoms with Crippen molar-refractivity contribution in [2.75, 3.05) is 20.5 Å². The molecule has 4 atom stereocenters. The zero-order valence-corrected chi connectivity index (χ0v) is 20.8. The molecule has 188 valence electrons. The molecule has 1 fully saturated rings. The predicted molar refractivity (Wildman–Crippen MR) is 133 cm³/mol. The van der Waals surface area contributed by atoms with E-state index in [1.165, 1.54) is 44.1 Å². The first-order valence-corrected chi connectivity index (χ1v) is 13.0. The molecule has 1 N–H and O–H groups in total. The largest absolute Gasteiger partial charge is 0.390 e. The Morgan fingerprint density at radius 2 is 1.79 bits per heavy atom. The Morgan fingerprint density at radius 3 is 2.58 bits per heavy atom. The van der Waals surface area contributed by atoms with E-state index in [1.807, 2.05) is 18.2 Å². The monoisotopic (exact) mass is 462 g/mol. The fourth-order valence-corrected chi connectivity index (χ4v) is 4.26. The first kappa shape index (κ1) is 28.0. The van der Waals surface area contributed by atoms with Crippen LogP contribution in [0.5, 0.6) is 0 Å². The van der Waals surface area contributed by atoms with Gasteiger partial charge in [-0.2, -0.15) is 0 Å². The van der Waals surface area contributed by atoms with E-state index in [9.17, 15) is 5.11 Å². The van der Waals surface area contributed by atoms with E-state index in [0.29, 0.717) is 19.6 Å². The van der Waals surface area contributed by atoms with Crippen molar-refractivity contribution >= 4 is 0 Å². The summed E-state index contributed by atoms with van der Waals surface area (Å²) in [5, 5.41) is 10.6. The van der Waals surface area contributed by atoms with Crippen LogP contribution >= 0.6 is 0 Å². The second kappa shape index (κ2) is 18.1. The van der Waals surface area contributed by atoms with Crippen molar-refractivity contribution in [2.24, 2.45) is 0 Å². The van der Waals surface area contributed by atoms with Gasteiger partial charge in [-0.1, -0.05) is 81.5 Å². The number of ether oxygens (including phenoxy) is 4. The third kappa shape index (κ3) is 12.2. The van der Waals surface area contributed by atoms with E-state index in [0.717, 1.165) is 25.7 Å². The molecule has 0 aromatic heterocycles. The lowest BCUT2D eigenvalue weighted by Crippen LogP contribution is -2.32. The zero-order valence-electron chi connectivity index (χ0n) is 20.8. The highest BCUT2D eigenvalue weighted by atomic mass is 16.7. The van der Waals surface area contributed by atoms with Gasteiger partial charge in [-0.15, -0.1) is 0 Å². The lowest BCUT2D eigenvalue weighted by Gasteiger charge is -2.23. The van der Waals surface area contributed by atoms with Gasteiger partial charge in [0.1, 0.15) is 12.9 Å². The van der Waals surface area contributed by atoms with Gasteiger partial charge < -0.3 is 24.1 Å². The van der Waals surface area contributed by atoms with Gasteiger partial charge in [0.15, 0.2) is 0 Å². The normalized spacial score (nSPS) is 20.5. The van der Waals surface area contributed by atoms with Crippen molar-refractivity contribution in [1.29, 1.82) is 0 Å². The quantitative estimate of drug-likeness (QED) is 0.151. The molecule has 0 amide bonds. The molecular formula is C28H46O5. The van der Waals surface area contributed by atoms with Crippen molar-refractivity contribution in [3.8, 4) is 0 Å². The highest BCUT2D eigenvalue weighted by Crippen LogP contribution is 2.28. The van der Waals surface area contributed by atoms with Gasteiger partial charge in [-0.25, -0.2) is 0 Å². The van der Waals surface area contributed by atoms with Crippen LogP contribution in [-0.4, -0.2) is 50.0 Å². The maximum atomic E-state index is 10.6. The molecule has 5 heteroatoms. The first-order valence-electron chi connectivity index (χ1n) is 13.0. The third-order valence-corrected chi connectivity index (χ3v) is 6.21. The number of aliphatic hydroxyl groups is 1.